The molecule has 0 fully saturated rings. The van der Waals surface area contributed by atoms with Crippen LogP contribution in [0.25, 0.3) is 11.3 Å². The van der Waals surface area contributed by atoms with Crippen molar-refractivity contribution in [2.24, 2.45) is 7.05 Å². The Hall–Kier alpha value is -2.79. The molecule has 6 heteroatoms. The lowest BCUT2D eigenvalue weighted by atomic mass is 10.1. The topological polar surface area (TPSA) is 64.2 Å². The van der Waals surface area contributed by atoms with Gasteiger partial charge in [0.2, 0.25) is 0 Å². The van der Waals surface area contributed by atoms with Crippen LogP contribution in [0.2, 0.25) is 5.02 Å². The smallest absolute Gasteiger partial charge is 0.335 e. The molecule has 0 radical (unpaired) electrons. The van der Waals surface area contributed by atoms with E-state index in [2.05, 4.69) is 5.32 Å². The van der Waals surface area contributed by atoms with Gasteiger partial charge in [-0.25, -0.2) is 9.53 Å². The van der Waals surface area contributed by atoms with Gasteiger partial charge in [-0.05, 0) is 18.2 Å². The normalized spacial score (nSPS) is 10.5. The van der Waals surface area contributed by atoms with E-state index in [1.54, 1.807) is 43.4 Å². The number of carbonyl (C=O) groups is 1. The zero-order chi connectivity index (χ0) is 16.4. The standard InChI is InChI=1S/C17H13ClN2O3/c1-20-15(11-6-3-2-4-7-11)14(17(22)23-20)16(21)19-13-9-5-8-12(18)10-13/h2-10H,1H3,(H,19,21). The molecule has 116 valence electrons. The van der Waals surface area contributed by atoms with Crippen LogP contribution >= 0.6 is 11.6 Å². The second kappa shape index (κ2) is 6.14. The van der Waals surface area contributed by atoms with E-state index in [1.165, 1.54) is 4.74 Å². The monoisotopic (exact) mass is 328 g/mol. The van der Waals surface area contributed by atoms with Crippen molar-refractivity contribution in [2.45, 2.75) is 0 Å². The van der Waals surface area contributed by atoms with Crippen LogP contribution in [0.1, 0.15) is 10.4 Å². The fraction of sp³-hybridized carbons (Fsp3) is 0.0588. The van der Waals surface area contributed by atoms with Gasteiger partial charge in [0.25, 0.3) is 5.91 Å². The summed E-state index contributed by atoms with van der Waals surface area (Å²) >= 11 is 5.90. The van der Waals surface area contributed by atoms with Gasteiger partial charge in [-0.2, -0.15) is 0 Å². The summed E-state index contributed by atoms with van der Waals surface area (Å²) in [6.07, 6.45) is 0. The van der Waals surface area contributed by atoms with E-state index in [0.29, 0.717) is 16.4 Å². The number of anilines is 1. The van der Waals surface area contributed by atoms with Gasteiger partial charge in [0.05, 0.1) is 0 Å². The molecule has 0 bridgehead atoms. The second-order valence-corrected chi connectivity index (χ2v) is 5.37. The van der Waals surface area contributed by atoms with Gasteiger partial charge in [-0.3, -0.25) is 4.79 Å². The number of amides is 1. The number of nitrogens with zero attached hydrogens (tertiary/aromatic N) is 1. The number of carbonyl (C=O) groups excluding carboxylic acids is 1. The van der Waals surface area contributed by atoms with Crippen molar-refractivity contribution >= 4 is 23.2 Å². The Morgan fingerprint density at radius 3 is 2.57 bits per heavy atom. The average Bonchev–Trinajstić information content (AvgIpc) is 2.82. The van der Waals surface area contributed by atoms with Gasteiger partial charge in [0.15, 0.2) is 5.56 Å². The van der Waals surface area contributed by atoms with Crippen LogP contribution in [-0.2, 0) is 7.05 Å². The Morgan fingerprint density at radius 1 is 1.13 bits per heavy atom. The summed E-state index contributed by atoms with van der Waals surface area (Å²) in [7, 11) is 1.58. The fourth-order valence-corrected chi connectivity index (χ4v) is 2.54. The molecule has 1 heterocycles. The maximum absolute atomic E-state index is 12.5. The molecule has 0 aliphatic rings. The Labute approximate surface area is 137 Å². The number of aromatic nitrogens is 1. The molecule has 0 aliphatic carbocycles. The highest BCUT2D eigenvalue weighted by atomic mass is 35.5. The molecule has 0 saturated carbocycles. The first-order valence-corrected chi connectivity index (χ1v) is 7.26. The first-order valence-electron chi connectivity index (χ1n) is 6.89. The molecule has 0 aliphatic heterocycles. The van der Waals surface area contributed by atoms with E-state index >= 15 is 0 Å². The fourth-order valence-electron chi connectivity index (χ4n) is 2.35. The number of hydrogen-bond acceptors (Lipinski definition) is 3. The third-order valence-electron chi connectivity index (χ3n) is 3.33. The number of halogens is 1. The van der Waals surface area contributed by atoms with E-state index in [-0.39, 0.29) is 5.56 Å². The number of nitrogens with one attached hydrogen (secondary N) is 1. The highest BCUT2D eigenvalue weighted by Crippen LogP contribution is 2.23. The summed E-state index contributed by atoms with van der Waals surface area (Å²) in [6, 6.07) is 15.8. The Bertz CT molecular complexity index is 913. The Balaban J connectivity index is 2.03. The summed E-state index contributed by atoms with van der Waals surface area (Å²) < 4.78 is 6.35. The summed E-state index contributed by atoms with van der Waals surface area (Å²) in [6.45, 7) is 0. The molecule has 1 aromatic heterocycles. The van der Waals surface area contributed by atoms with Crippen LogP contribution in [-0.4, -0.2) is 10.6 Å². The zero-order valence-electron chi connectivity index (χ0n) is 12.2. The maximum atomic E-state index is 12.5. The van der Waals surface area contributed by atoms with Gasteiger partial charge in [0.1, 0.15) is 5.69 Å². The highest BCUT2D eigenvalue weighted by molar-refractivity contribution is 6.31. The molecular weight excluding hydrogens is 316 g/mol. The maximum Gasteiger partial charge on any atom is 0.370 e. The number of aryl methyl sites for hydroxylation is 1. The SMILES string of the molecule is Cn1oc(=O)c(C(=O)Nc2cccc(Cl)c2)c1-c1ccccc1. The lowest BCUT2D eigenvalue weighted by molar-refractivity contribution is 0.102. The van der Waals surface area contributed by atoms with Crippen molar-refractivity contribution in [3.8, 4) is 11.3 Å². The van der Waals surface area contributed by atoms with Crippen LogP contribution < -0.4 is 10.9 Å². The largest absolute Gasteiger partial charge is 0.370 e. The first kappa shape index (κ1) is 15.1. The van der Waals surface area contributed by atoms with Crippen molar-refractivity contribution in [3.63, 3.8) is 0 Å². The molecule has 2 aromatic carbocycles. The van der Waals surface area contributed by atoms with Gasteiger partial charge in [-0.15, -0.1) is 0 Å². The minimum atomic E-state index is -0.689. The first-order chi connectivity index (χ1) is 11.1. The number of hydrogen-bond donors (Lipinski definition) is 1. The quantitative estimate of drug-likeness (QED) is 0.799. The molecular formula is C17H13ClN2O3. The Kier molecular flexibility index (Phi) is 4.04. The van der Waals surface area contributed by atoms with Crippen molar-refractivity contribution in [3.05, 3.63) is 75.6 Å². The Morgan fingerprint density at radius 2 is 1.87 bits per heavy atom. The van der Waals surface area contributed by atoms with Gasteiger partial charge in [-0.1, -0.05) is 48.0 Å². The molecule has 3 aromatic rings. The third kappa shape index (κ3) is 3.05. The van der Waals surface area contributed by atoms with Gasteiger partial charge in [0, 0.05) is 23.3 Å². The molecule has 23 heavy (non-hydrogen) atoms. The molecule has 0 atom stereocenters. The van der Waals surface area contributed by atoms with Crippen LogP contribution in [0.4, 0.5) is 5.69 Å². The van der Waals surface area contributed by atoms with E-state index in [0.717, 1.165) is 5.56 Å². The highest BCUT2D eigenvalue weighted by Gasteiger charge is 2.23. The number of benzene rings is 2. The second-order valence-electron chi connectivity index (χ2n) is 4.93. The minimum absolute atomic E-state index is 0.0429. The van der Waals surface area contributed by atoms with Crippen LogP contribution in [0.15, 0.2) is 63.9 Å². The lowest BCUT2D eigenvalue weighted by Gasteiger charge is -2.06. The summed E-state index contributed by atoms with van der Waals surface area (Å²) in [5, 5.41) is 3.16. The van der Waals surface area contributed by atoms with Crippen molar-refractivity contribution in [1.29, 1.82) is 0 Å². The van der Waals surface area contributed by atoms with Crippen molar-refractivity contribution in [2.75, 3.05) is 5.32 Å². The molecule has 5 nitrogen and oxygen atoms in total. The minimum Gasteiger partial charge on any atom is -0.335 e. The van der Waals surface area contributed by atoms with E-state index < -0.39 is 11.5 Å². The molecule has 1 amide bonds. The van der Waals surface area contributed by atoms with Crippen LogP contribution in [0.5, 0.6) is 0 Å². The summed E-state index contributed by atoms with van der Waals surface area (Å²) in [5.74, 6) is -0.541. The third-order valence-corrected chi connectivity index (χ3v) is 3.57. The molecule has 1 N–H and O–H groups in total. The van der Waals surface area contributed by atoms with Crippen LogP contribution in [0.3, 0.4) is 0 Å². The zero-order valence-corrected chi connectivity index (χ0v) is 13.0. The van der Waals surface area contributed by atoms with Crippen molar-refractivity contribution in [1.82, 2.24) is 4.74 Å². The van der Waals surface area contributed by atoms with Gasteiger partial charge < -0.3 is 9.84 Å². The van der Waals surface area contributed by atoms with Crippen LogP contribution in [0, 0.1) is 0 Å². The average molecular weight is 329 g/mol. The van der Waals surface area contributed by atoms with E-state index in [4.69, 9.17) is 16.1 Å². The molecule has 0 spiro atoms. The molecule has 0 saturated heterocycles. The molecule has 0 unspecified atom stereocenters. The lowest BCUT2D eigenvalue weighted by Crippen LogP contribution is -2.19. The van der Waals surface area contributed by atoms with E-state index in [1.807, 2.05) is 18.2 Å². The summed E-state index contributed by atoms with van der Waals surface area (Å²) in [4.78, 5) is 24.6. The predicted molar refractivity (Wildman–Crippen MR) is 88.8 cm³/mol. The van der Waals surface area contributed by atoms with Gasteiger partial charge >= 0.3 is 5.63 Å². The number of rotatable bonds is 3. The van der Waals surface area contributed by atoms with E-state index in [9.17, 15) is 9.59 Å². The summed E-state index contributed by atoms with van der Waals surface area (Å²) in [5.41, 5.74) is 0.918. The van der Waals surface area contributed by atoms with Crippen molar-refractivity contribution < 1.29 is 9.32 Å². The predicted octanol–water partition coefficient (Wildman–Crippen LogP) is 3.55. The molecule has 3 rings (SSSR count).